The quantitative estimate of drug-likeness (QED) is 0.366. The second-order valence-electron chi connectivity index (χ2n) is 9.05. The standard InChI is InChI=1S/C28H34N2O2/c1-20(2)19-32-30(14-13-23-9-7-6-8-10-23)28(31)27-12-11-24(18-29-27)26-16-22(5)15-25(17-26)21(3)4/h6-12,15-18,20-21H,13-14,19H2,1-5H3. The third-order valence-corrected chi connectivity index (χ3v) is 5.32. The Morgan fingerprint density at radius 2 is 1.72 bits per heavy atom. The van der Waals surface area contributed by atoms with Crippen LogP contribution in [-0.4, -0.2) is 29.1 Å². The molecule has 1 heterocycles. The van der Waals surface area contributed by atoms with Crippen LogP contribution < -0.4 is 0 Å². The van der Waals surface area contributed by atoms with E-state index in [1.54, 1.807) is 12.3 Å². The first-order valence-corrected chi connectivity index (χ1v) is 11.4. The fourth-order valence-electron chi connectivity index (χ4n) is 3.47. The van der Waals surface area contributed by atoms with Crippen LogP contribution in [0.3, 0.4) is 0 Å². The third kappa shape index (κ3) is 6.51. The number of pyridine rings is 1. The number of hydroxylamine groups is 2. The van der Waals surface area contributed by atoms with Crippen LogP contribution in [0.25, 0.3) is 11.1 Å². The number of nitrogens with zero attached hydrogens (tertiary/aromatic N) is 2. The fraction of sp³-hybridized carbons (Fsp3) is 0.357. The first-order valence-electron chi connectivity index (χ1n) is 11.4. The summed E-state index contributed by atoms with van der Waals surface area (Å²) in [6.45, 7) is 11.6. The fourth-order valence-corrected chi connectivity index (χ4v) is 3.47. The van der Waals surface area contributed by atoms with E-state index in [1.807, 2.05) is 24.3 Å². The van der Waals surface area contributed by atoms with E-state index in [2.05, 4.69) is 69.9 Å². The average molecular weight is 431 g/mol. The Morgan fingerprint density at radius 1 is 0.969 bits per heavy atom. The molecule has 0 spiro atoms. The van der Waals surface area contributed by atoms with Crippen molar-refractivity contribution in [2.45, 2.75) is 47.0 Å². The minimum Gasteiger partial charge on any atom is -0.270 e. The Hall–Kier alpha value is -2.98. The van der Waals surface area contributed by atoms with Gasteiger partial charge in [-0.25, -0.2) is 5.06 Å². The third-order valence-electron chi connectivity index (χ3n) is 5.32. The molecule has 168 valence electrons. The van der Waals surface area contributed by atoms with Crippen LogP contribution in [0.5, 0.6) is 0 Å². The van der Waals surface area contributed by atoms with Crippen molar-refractivity contribution >= 4 is 5.91 Å². The van der Waals surface area contributed by atoms with Crippen molar-refractivity contribution in [1.29, 1.82) is 0 Å². The van der Waals surface area contributed by atoms with Crippen molar-refractivity contribution in [3.05, 3.63) is 89.2 Å². The number of aryl methyl sites for hydroxylation is 1. The van der Waals surface area contributed by atoms with Crippen LogP contribution >= 0.6 is 0 Å². The van der Waals surface area contributed by atoms with Crippen molar-refractivity contribution in [1.82, 2.24) is 10.0 Å². The van der Waals surface area contributed by atoms with Crippen LogP contribution in [0, 0.1) is 12.8 Å². The lowest BCUT2D eigenvalue weighted by Gasteiger charge is -2.23. The van der Waals surface area contributed by atoms with Gasteiger partial charge in [-0.3, -0.25) is 14.6 Å². The number of benzene rings is 2. The summed E-state index contributed by atoms with van der Waals surface area (Å²) in [7, 11) is 0. The molecule has 32 heavy (non-hydrogen) atoms. The molecular formula is C28H34N2O2. The average Bonchev–Trinajstić information content (AvgIpc) is 2.79. The molecule has 1 aromatic heterocycles. The summed E-state index contributed by atoms with van der Waals surface area (Å²) in [5.41, 5.74) is 6.21. The highest BCUT2D eigenvalue weighted by atomic mass is 16.7. The Balaban J connectivity index is 1.77. The molecule has 0 aliphatic carbocycles. The lowest BCUT2D eigenvalue weighted by molar-refractivity contribution is -0.131. The molecule has 0 saturated carbocycles. The molecule has 0 N–H and O–H groups in total. The van der Waals surface area contributed by atoms with E-state index in [0.717, 1.165) is 17.5 Å². The first kappa shape index (κ1) is 23.7. The van der Waals surface area contributed by atoms with Gasteiger partial charge in [0.2, 0.25) is 0 Å². The Kier molecular flexibility index (Phi) is 8.18. The van der Waals surface area contributed by atoms with Gasteiger partial charge >= 0.3 is 0 Å². The van der Waals surface area contributed by atoms with Gasteiger partial charge in [-0.1, -0.05) is 87.9 Å². The monoisotopic (exact) mass is 430 g/mol. The molecule has 0 fully saturated rings. The second-order valence-corrected chi connectivity index (χ2v) is 9.05. The van der Waals surface area contributed by atoms with E-state index in [0.29, 0.717) is 30.7 Å². The van der Waals surface area contributed by atoms with Gasteiger partial charge in [0.1, 0.15) is 5.69 Å². The summed E-state index contributed by atoms with van der Waals surface area (Å²) in [6.07, 6.45) is 2.51. The lowest BCUT2D eigenvalue weighted by Crippen LogP contribution is -2.34. The van der Waals surface area contributed by atoms with Gasteiger partial charge in [0.05, 0.1) is 13.2 Å². The van der Waals surface area contributed by atoms with Crippen LogP contribution in [0.15, 0.2) is 66.9 Å². The molecular weight excluding hydrogens is 396 g/mol. The summed E-state index contributed by atoms with van der Waals surface area (Å²) in [5, 5.41) is 1.46. The molecule has 0 unspecified atom stereocenters. The Bertz CT molecular complexity index is 1010. The highest BCUT2D eigenvalue weighted by molar-refractivity contribution is 5.92. The van der Waals surface area contributed by atoms with Gasteiger partial charge in [0.15, 0.2) is 0 Å². The number of carbonyl (C=O) groups excluding carboxylic acids is 1. The normalized spacial score (nSPS) is 11.2. The molecule has 3 rings (SSSR count). The second kappa shape index (κ2) is 11.1. The number of aromatic nitrogens is 1. The molecule has 1 amide bonds. The van der Waals surface area contributed by atoms with Gasteiger partial charge < -0.3 is 0 Å². The molecule has 0 aliphatic heterocycles. The minimum absolute atomic E-state index is 0.208. The van der Waals surface area contributed by atoms with Gasteiger partial charge in [-0.05, 0) is 47.9 Å². The summed E-state index contributed by atoms with van der Waals surface area (Å²) >= 11 is 0. The Labute approximate surface area is 192 Å². The zero-order valence-electron chi connectivity index (χ0n) is 19.8. The smallest absolute Gasteiger partial charge is 0.270 e. The molecule has 2 aromatic carbocycles. The summed E-state index contributed by atoms with van der Waals surface area (Å²) in [6, 6.07) is 20.5. The molecule has 0 bridgehead atoms. The largest absolute Gasteiger partial charge is 0.295 e. The van der Waals surface area contributed by atoms with Crippen molar-refractivity contribution < 1.29 is 9.63 Å². The first-order chi connectivity index (χ1) is 15.3. The number of hydrogen-bond acceptors (Lipinski definition) is 3. The van der Waals surface area contributed by atoms with E-state index in [9.17, 15) is 4.79 Å². The molecule has 0 aliphatic rings. The molecule has 3 aromatic rings. The zero-order valence-corrected chi connectivity index (χ0v) is 19.8. The highest BCUT2D eigenvalue weighted by Crippen LogP contribution is 2.26. The molecule has 4 heteroatoms. The topological polar surface area (TPSA) is 42.4 Å². The zero-order chi connectivity index (χ0) is 23.1. The highest BCUT2D eigenvalue weighted by Gasteiger charge is 2.19. The number of rotatable bonds is 9. The summed E-state index contributed by atoms with van der Waals surface area (Å²) in [4.78, 5) is 23.5. The van der Waals surface area contributed by atoms with E-state index in [1.165, 1.54) is 21.8 Å². The maximum atomic E-state index is 13.2. The summed E-state index contributed by atoms with van der Waals surface area (Å²) < 4.78 is 0. The van der Waals surface area contributed by atoms with Crippen molar-refractivity contribution in [3.8, 4) is 11.1 Å². The van der Waals surface area contributed by atoms with E-state index in [4.69, 9.17) is 4.84 Å². The summed E-state index contributed by atoms with van der Waals surface area (Å²) in [5.74, 6) is 0.577. The molecule has 4 nitrogen and oxygen atoms in total. The van der Waals surface area contributed by atoms with Gasteiger partial charge in [0.25, 0.3) is 5.91 Å². The maximum absolute atomic E-state index is 13.2. The van der Waals surface area contributed by atoms with Crippen LogP contribution in [0.2, 0.25) is 0 Å². The lowest BCUT2D eigenvalue weighted by atomic mass is 9.95. The molecule has 0 radical (unpaired) electrons. The predicted octanol–water partition coefficient (Wildman–Crippen LogP) is 6.45. The van der Waals surface area contributed by atoms with Crippen LogP contribution in [0.1, 0.15) is 60.8 Å². The molecule has 0 saturated heterocycles. The number of amides is 1. The van der Waals surface area contributed by atoms with E-state index >= 15 is 0 Å². The van der Waals surface area contributed by atoms with Crippen molar-refractivity contribution in [2.75, 3.05) is 13.2 Å². The number of carbonyl (C=O) groups is 1. The van der Waals surface area contributed by atoms with Gasteiger partial charge in [-0.15, -0.1) is 0 Å². The molecule has 0 atom stereocenters. The minimum atomic E-state index is -0.208. The van der Waals surface area contributed by atoms with Crippen molar-refractivity contribution in [3.63, 3.8) is 0 Å². The Morgan fingerprint density at radius 3 is 2.34 bits per heavy atom. The SMILES string of the molecule is Cc1cc(-c2ccc(C(=O)N(CCc3ccccc3)OCC(C)C)nc2)cc(C(C)C)c1. The maximum Gasteiger partial charge on any atom is 0.295 e. The van der Waals surface area contributed by atoms with E-state index < -0.39 is 0 Å². The van der Waals surface area contributed by atoms with Gasteiger partial charge in [-0.2, -0.15) is 0 Å². The van der Waals surface area contributed by atoms with Crippen molar-refractivity contribution in [2.24, 2.45) is 5.92 Å². The van der Waals surface area contributed by atoms with Crippen LogP contribution in [0.4, 0.5) is 0 Å². The number of hydrogen-bond donors (Lipinski definition) is 0. The van der Waals surface area contributed by atoms with Gasteiger partial charge in [0, 0.05) is 11.8 Å². The predicted molar refractivity (Wildman–Crippen MR) is 130 cm³/mol. The van der Waals surface area contributed by atoms with Crippen LogP contribution in [-0.2, 0) is 11.3 Å². The van der Waals surface area contributed by atoms with E-state index in [-0.39, 0.29) is 5.91 Å².